The SMILES string of the molecule is O=C([C@H]1CC[C@@H]2OCCCC[C@@H]2C1)N1Cc2cccnc2Nc2ccc(N3CCOCC3)cc21. The number of nitrogens with zero attached hydrogens (tertiary/aromatic N) is 3. The minimum Gasteiger partial charge on any atom is -0.378 e. The Hall–Kier alpha value is -2.64. The molecule has 3 fully saturated rings. The van der Waals surface area contributed by atoms with Crippen LogP contribution in [0.3, 0.4) is 0 Å². The van der Waals surface area contributed by atoms with Crippen molar-refractivity contribution in [2.24, 2.45) is 11.8 Å². The monoisotopic (exact) mass is 462 g/mol. The summed E-state index contributed by atoms with van der Waals surface area (Å²) >= 11 is 0. The van der Waals surface area contributed by atoms with Crippen molar-refractivity contribution in [3.05, 3.63) is 42.1 Å². The van der Waals surface area contributed by atoms with Gasteiger partial charge >= 0.3 is 0 Å². The van der Waals surface area contributed by atoms with Crippen LogP contribution in [-0.2, 0) is 20.8 Å². The fraction of sp³-hybridized carbons (Fsp3) is 0.556. The van der Waals surface area contributed by atoms with E-state index in [0.29, 0.717) is 18.6 Å². The van der Waals surface area contributed by atoms with Crippen LogP contribution in [0, 0.1) is 11.8 Å². The lowest BCUT2D eigenvalue weighted by molar-refractivity contribution is -0.125. The van der Waals surface area contributed by atoms with Crippen molar-refractivity contribution >= 4 is 28.8 Å². The summed E-state index contributed by atoms with van der Waals surface area (Å²) < 4.78 is 11.7. The number of fused-ring (bicyclic) bond motifs is 3. The fourth-order valence-electron chi connectivity index (χ4n) is 6.07. The van der Waals surface area contributed by atoms with Gasteiger partial charge in [-0.1, -0.05) is 12.5 Å². The second kappa shape index (κ2) is 9.55. The largest absolute Gasteiger partial charge is 0.378 e. The van der Waals surface area contributed by atoms with Gasteiger partial charge in [-0.3, -0.25) is 4.79 Å². The van der Waals surface area contributed by atoms with E-state index in [1.165, 1.54) is 12.8 Å². The molecule has 6 rings (SSSR count). The van der Waals surface area contributed by atoms with Crippen molar-refractivity contribution in [1.82, 2.24) is 4.98 Å². The first-order valence-corrected chi connectivity index (χ1v) is 12.9. The molecule has 0 unspecified atom stereocenters. The van der Waals surface area contributed by atoms with E-state index < -0.39 is 0 Å². The van der Waals surface area contributed by atoms with E-state index in [2.05, 4.69) is 39.5 Å². The standard InChI is InChI=1S/C27H34N4O3/c32-27(20-6-9-25-19(16-20)4-1-2-13-34-25)31-18-21-5-3-10-28-26(21)29-23-8-7-22(17-24(23)31)30-11-14-33-15-12-30/h3,5,7-8,10,17,19-20,25H,1-2,4,6,9,11-16,18H2,(H,28,29)/t19-,20+,25+/m1/s1. The predicted molar refractivity (Wildman–Crippen MR) is 133 cm³/mol. The highest BCUT2D eigenvalue weighted by molar-refractivity contribution is 6.00. The number of hydrogen-bond donors (Lipinski definition) is 1. The minimum absolute atomic E-state index is 0.0427. The molecule has 1 aromatic carbocycles. The van der Waals surface area contributed by atoms with Crippen molar-refractivity contribution in [2.45, 2.75) is 51.2 Å². The van der Waals surface area contributed by atoms with Crippen molar-refractivity contribution in [3.8, 4) is 0 Å². The molecule has 4 aliphatic rings. The highest BCUT2D eigenvalue weighted by Crippen LogP contribution is 2.42. The summed E-state index contributed by atoms with van der Waals surface area (Å²) in [6.45, 7) is 4.62. The molecule has 34 heavy (non-hydrogen) atoms. The van der Waals surface area contributed by atoms with Crippen LogP contribution in [0.25, 0.3) is 0 Å². The second-order valence-electron chi connectivity index (χ2n) is 10.0. The van der Waals surface area contributed by atoms with Crippen LogP contribution in [0.5, 0.6) is 0 Å². The highest BCUT2D eigenvalue weighted by atomic mass is 16.5. The van der Waals surface area contributed by atoms with E-state index in [1.54, 1.807) is 6.20 Å². The van der Waals surface area contributed by atoms with Crippen molar-refractivity contribution in [1.29, 1.82) is 0 Å². The third-order valence-corrected chi connectivity index (χ3v) is 7.95. The van der Waals surface area contributed by atoms with Gasteiger partial charge in [0.2, 0.25) is 5.91 Å². The number of carbonyl (C=O) groups excluding carboxylic acids is 1. The molecule has 2 saturated heterocycles. The molecule has 0 spiro atoms. The Balaban J connectivity index is 1.33. The van der Waals surface area contributed by atoms with E-state index in [1.807, 2.05) is 11.0 Å². The fourth-order valence-corrected chi connectivity index (χ4v) is 6.07. The summed E-state index contributed by atoms with van der Waals surface area (Å²) in [6.07, 6.45) is 8.51. The van der Waals surface area contributed by atoms with Gasteiger partial charge in [0.1, 0.15) is 5.82 Å². The number of aromatic nitrogens is 1. The zero-order chi connectivity index (χ0) is 22.9. The second-order valence-corrected chi connectivity index (χ2v) is 10.0. The Bertz CT molecular complexity index is 1040. The highest BCUT2D eigenvalue weighted by Gasteiger charge is 2.38. The van der Waals surface area contributed by atoms with Crippen LogP contribution < -0.4 is 15.1 Å². The molecule has 1 saturated carbocycles. The Morgan fingerprint density at radius 1 is 1.06 bits per heavy atom. The average Bonchev–Trinajstić information content (AvgIpc) is 3.22. The van der Waals surface area contributed by atoms with E-state index >= 15 is 0 Å². The van der Waals surface area contributed by atoms with Gasteiger partial charge in [-0.05, 0) is 62.3 Å². The van der Waals surface area contributed by atoms with Gasteiger partial charge < -0.3 is 24.6 Å². The van der Waals surface area contributed by atoms with Crippen LogP contribution in [-0.4, -0.2) is 49.9 Å². The Kier molecular flexibility index (Phi) is 6.14. The number of morpholine rings is 1. The van der Waals surface area contributed by atoms with Crippen LogP contribution in [0.2, 0.25) is 0 Å². The third kappa shape index (κ3) is 4.27. The zero-order valence-corrected chi connectivity index (χ0v) is 19.7. The minimum atomic E-state index is 0.0427. The van der Waals surface area contributed by atoms with E-state index in [0.717, 1.165) is 87.0 Å². The van der Waals surface area contributed by atoms with Gasteiger partial charge in [0.05, 0.1) is 37.2 Å². The first-order valence-electron chi connectivity index (χ1n) is 12.9. The van der Waals surface area contributed by atoms with Gasteiger partial charge in [0.15, 0.2) is 0 Å². The number of hydrogen-bond acceptors (Lipinski definition) is 6. The maximum atomic E-state index is 14.1. The maximum Gasteiger partial charge on any atom is 0.230 e. The molecule has 7 heteroatoms. The normalized spacial score (nSPS) is 26.9. The smallest absolute Gasteiger partial charge is 0.230 e. The van der Waals surface area contributed by atoms with Crippen LogP contribution in [0.4, 0.5) is 22.9 Å². The Morgan fingerprint density at radius 3 is 2.88 bits per heavy atom. The van der Waals surface area contributed by atoms with Gasteiger partial charge in [0, 0.05) is 43.1 Å². The first-order chi connectivity index (χ1) is 16.8. The van der Waals surface area contributed by atoms with E-state index in [4.69, 9.17) is 9.47 Å². The number of ether oxygens (including phenoxy) is 2. The van der Waals surface area contributed by atoms with Gasteiger partial charge in [-0.25, -0.2) is 4.98 Å². The summed E-state index contributed by atoms with van der Waals surface area (Å²) in [7, 11) is 0. The predicted octanol–water partition coefficient (Wildman–Crippen LogP) is 4.49. The summed E-state index contributed by atoms with van der Waals surface area (Å²) in [4.78, 5) is 23.1. The number of nitrogens with one attached hydrogen (secondary N) is 1. The third-order valence-electron chi connectivity index (χ3n) is 7.95. The van der Waals surface area contributed by atoms with Crippen molar-refractivity contribution in [2.75, 3.05) is 48.0 Å². The molecule has 1 aliphatic carbocycles. The molecule has 7 nitrogen and oxygen atoms in total. The zero-order valence-electron chi connectivity index (χ0n) is 19.7. The lowest BCUT2D eigenvalue weighted by Gasteiger charge is -2.37. The topological polar surface area (TPSA) is 66.9 Å². The van der Waals surface area contributed by atoms with Gasteiger partial charge in [0.25, 0.3) is 0 Å². The molecule has 1 amide bonds. The van der Waals surface area contributed by atoms with E-state index in [-0.39, 0.29) is 11.8 Å². The summed E-state index contributed by atoms with van der Waals surface area (Å²) in [6, 6.07) is 10.4. The number of carbonyl (C=O) groups is 1. The first kappa shape index (κ1) is 21.9. The summed E-state index contributed by atoms with van der Waals surface area (Å²) in [5.74, 6) is 1.62. The number of benzene rings is 1. The molecular weight excluding hydrogens is 428 g/mol. The molecule has 0 radical (unpaired) electrons. The Morgan fingerprint density at radius 2 is 1.97 bits per heavy atom. The number of anilines is 4. The Labute approximate surface area is 201 Å². The summed E-state index contributed by atoms with van der Waals surface area (Å²) in [5.41, 5.74) is 4.08. The average molecular weight is 463 g/mol. The molecule has 180 valence electrons. The van der Waals surface area contributed by atoms with Gasteiger partial charge in [-0.15, -0.1) is 0 Å². The van der Waals surface area contributed by atoms with Gasteiger partial charge in [-0.2, -0.15) is 0 Å². The van der Waals surface area contributed by atoms with Crippen LogP contribution >= 0.6 is 0 Å². The quantitative estimate of drug-likeness (QED) is 0.709. The number of rotatable bonds is 2. The van der Waals surface area contributed by atoms with Crippen LogP contribution in [0.15, 0.2) is 36.5 Å². The lowest BCUT2D eigenvalue weighted by atomic mass is 9.77. The molecule has 1 aromatic heterocycles. The van der Waals surface area contributed by atoms with Crippen molar-refractivity contribution in [3.63, 3.8) is 0 Å². The molecule has 3 aliphatic heterocycles. The van der Waals surface area contributed by atoms with E-state index in [9.17, 15) is 4.79 Å². The number of amides is 1. The molecule has 4 heterocycles. The van der Waals surface area contributed by atoms with Crippen molar-refractivity contribution < 1.29 is 14.3 Å². The summed E-state index contributed by atoms with van der Waals surface area (Å²) in [5, 5.41) is 3.51. The maximum absolute atomic E-state index is 14.1. The molecular formula is C27H34N4O3. The lowest BCUT2D eigenvalue weighted by Crippen LogP contribution is -2.41. The molecule has 3 atom stereocenters. The molecule has 1 N–H and O–H groups in total. The van der Waals surface area contributed by atoms with Crippen LogP contribution in [0.1, 0.15) is 44.1 Å². The molecule has 0 bridgehead atoms. The molecule has 2 aromatic rings. The number of pyridine rings is 1.